The van der Waals surface area contributed by atoms with E-state index in [0.29, 0.717) is 31.5 Å². The molecular formula is C22H30N2O3. The highest BCUT2D eigenvalue weighted by Crippen LogP contribution is 2.36. The number of fused-ring (bicyclic) bond motifs is 1. The van der Waals surface area contributed by atoms with E-state index in [-0.39, 0.29) is 12.0 Å². The highest BCUT2D eigenvalue weighted by atomic mass is 16.5. The van der Waals surface area contributed by atoms with Crippen molar-refractivity contribution in [3.63, 3.8) is 0 Å². The van der Waals surface area contributed by atoms with Crippen LogP contribution in [0.3, 0.4) is 0 Å². The first-order valence-corrected chi connectivity index (χ1v) is 10.3. The number of ether oxygens (including phenoxy) is 2. The van der Waals surface area contributed by atoms with Gasteiger partial charge in [0.15, 0.2) is 0 Å². The number of hydrogen-bond donors (Lipinski definition) is 0. The van der Waals surface area contributed by atoms with Crippen LogP contribution in [0.5, 0.6) is 0 Å². The maximum atomic E-state index is 12.7. The van der Waals surface area contributed by atoms with Crippen molar-refractivity contribution in [1.82, 2.24) is 9.88 Å². The van der Waals surface area contributed by atoms with Crippen LogP contribution in [0.25, 0.3) is 0 Å². The van der Waals surface area contributed by atoms with Crippen molar-refractivity contribution in [3.05, 3.63) is 41.7 Å². The summed E-state index contributed by atoms with van der Waals surface area (Å²) in [5, 5.41) is 0. The Balaban J connectivity index is 1.21. The Labute approximate surface area is 161 Å². The van der Waals surface area contributed by atoms with Crippen LogP contribution >= 0.6 is 0 Å². The molecule has 2 saturated heterocycles. The van der Waals surface area contributed by atoms with Crippen molar-refractivity contribution in [1.29, 1.82) is 0 Å². The zero-order chi connectivity index (χ0) is 18.5. The molecule has 3 atom stereocenters. The Morgan fingerprint density at radius 2 is 2.26 bits per heavy atom. The maximum Gasteiger partial charge on any atom is 0.226 e. The molecule has 3 heterocycles. The van der Waals surface area contributed by atoms with Gasteiger partial charge >= 0.3 is 0 Å². The van der Waals surface area contributed by atoms with Gasteiger partial charge in [0.1, 0.15) is 0 Å². The number of likely N-dealkylation sites (tertiary alicyclic amines) is 1. The molecule has 1 aromatic rings. The number of aromatic nitrogens is 1. The average Bonchev–Trinajstić information content (AvgIpc) is 3.28. The zero-order valence-corrected chi connectivity index (χ0v) is 16.0. The third-order valence-electron chi connectivity index (χ3n) is 6.16. The highest BCUT2D eigenvalue weighted by molar-refractivity contribution is 5.79. The zero-order valence-electron chi connectivity index (χ0n) is 16.0. The molecule has 4 rings (SSSR count). The van der Waals surface area contributed by atoms with Crippen LogP contribution in [0.1, 0.15) is 44.2 Å². The number of pyridine rings is 1. The van der Waals surface area contributed by atoms with Crippen LogP contribution < -0.4 is 0 Å². The van der Waals surface area contributed by atoms with Gasteiger partial charge in [-0.25, -0.2) is 0 Å². The van der Waals surface area contributed by atoms with Crippen molar-refractivity contribution in [2.45, 2.75) is 51.2 Å². The largest absolute Gasteiger partial charge is 0.376 e. The first kappa shape index (κ1) is 18.6. The molecule has 0 saturated carbocycles. The van der Waals surface area contributed by atoms with E-state index in [1.807, 2.05) is 23.1 Å². The fourth-order valence-electron chi connectivity index (χ4n) is 4.57. The molecular weight excluding hydrogens is 340 g/mol. The highest BCUT2D eigenvalue weighted by Gasteiger charge is 2.44. The smallest absolute Gasteiger partial charge is 0.226 e. The summed E-state index contributed by atoms with van der Waals surface area (Å²) in [4.78, 5) is 19.0. The molecule has 3 aliphatic rings. The summed E-state index contributed by atoms with van der Waals surface area (Å²) in [6.07, 6.45) is 10.6. The van der Waals surface area contributed by atoms with Crippen LogP contribution in [0.4, 0.5) is 0 Å². The predicted octanol–water partition coefficient (Wildman–Crippen LogP) is 3.35. The molecule has 0 aromatic carbocycles. The fraction of sp³-hybridized carbons (Fsp3) is 0.636. The molecule has 0 bridgehead atoms. The summed E-state index contributed by atoms with van der Waals surface area (Å²) in [5.41, 5.74) is 2.30. The van der Waals surface area contributed by atoms with E-state index >= 15 is 0 Å². The number of rotatable bonds is 7. The monoisotopic (exact) mass is 370 g/mol. The minimum absolute atomic E-state index is 0.218. The van der Waals surface area contributed by atoms with Crippen molar-refractivity contribution in [2.24, 2.45) is 11.8 Å². The van der Waals surface area contributed by atoms with Gasteiger partial charge in [-0.15, -0.1) is 0 Å². The van der Waals surface area contributed by atoms with Crippen LogP contribution in [-0.4, -0.2) is 48.2 Å². The first-order chi connectivity index (χ1) is 13.3. The SMILES string of the molecule is O=C(CC1=CCCCC1)N1C[C@H]2[C@@H](CCOCc3ccccn3)CO[C@H]2C1. The molecule has 0 unspecified atom stereocenters. The fourth-order valence-corrected chi connectivity index (χ4v) is 4.57. The minimum atomic E-state index is 0.218. The third kappa shape index (κ3) is 4.77. The van der Waals surface area contributed by atoms with Crippen molar-refractivity contribution in [3.8, 4) is 0 Å². The predicted molar refractivity (Wildman–Crippen MR) is 103 cm³/mol. The van der Waals surface area contributed by atoms with E-state index in [4.69, 9.17) is 9.47 Å². The molecule has 0 spiro atoms. The molecule has 1 aliphatic carbocycles. The molecule has 2 fully saturated rings. The lowest BCUT2D eigenvalue weighted by Gasteiger charge is -2.21. The van der Waals surface area contributed by atoms with Gasteiger partial charge in [0.25, 0.3) is 0 Å². The molecule has 0 N–H and O–H groups in total. The third-order valence-corrected chi connectivity index (χ3v) is 6.16. The van der Waals surface area contributed by atoms with E-state index in [9.17, 15) is 4.79 Å². The van der Waals surface area contributed by atoms with E-state index in [1.54, 1.807) is 6.20 Å². The summed E-state index contributed by atoms with van der Waals surface area (Å²) in [7, 11) is 0. The van der Waals surface area contributed by atoms with E-state index < -0.39 is 0 Å². The first-order valence-electron chi connectivity index (χ1n) is 10.3. The number of carbonyl (C=O) groups is 1. The molecule has 27 heavy (non-hydrogen) atoms. The number of nitrogens with zero attached hydrogens (tertiary/aromatic N) is 2. The molecule has 146 valence electrons. The topological polar surface area (TPSA) is 51.7 Å². The standard InChI is InChI=1S/C22H30N2O3/c25-22(12-17-6-2-1-3-7-17)24-13-20-18(15-27-21(20)14-24)9-11-26-16-19-8-4-5-10-23-19/h4-6,8,10,18,20-21H,1-3,7,9,11-16H2/t18-,20-,21-/m0/s1. The Bertz CT molecular complexity index is 661. The van der Waals surface area contributed by atoms with Crippen LogP contribution in [0.15, 0.2) is 36.0 Å². The van der Waals surface area contributed by atoms with E-state index in [1.165, 1.54) is 18.4 Å². The average molecular weight is 370 g/mol. The second-order valence-electron chi connectivity index (χ2n) is 8.04. The van der Waals surface area contributed by atoms with Crippen molar-refractivity contribution >= 4 is 5.91 Å². The minimum Gasteiger partial charge on any atom is -0.376 e. The molecule has 1 amide bonds. The summed E-state index contributed by atoms with van der Waals surface area (Å²) < 4.78 is 11.8. The lowest BCUT2D eigenvalue weighted by molar-refractivity contribution is -0.130. The molecule has 0 radical (unpaired) electrons. The Hall–Kier alpha value is -1.72. The van der Waals surface area contributed by atoms with Crippen LogP contribution in [0.2, 0.25) is 0 Å². The van der Waals surface area contributed by atoms with Crippen LogP contribution in [0, 0.1) is 11.8 Å². The summed E-state index contributed by atoms with van der Waals surface area (Å²) in [6, 6.07) is 5.88. The maximum absolute atomic E-state index is 12.7. The van der Waals surface area contributed by atoms with Gasteiger partial charge in [0.2, 0.25) is 5.91 Å². The summed E-state index contributed by atoms with van der Waals surface area (Å²) in [6.45, 7) is 3.69. The molecule has 5 heteroatoms. The Kier molecular flexibility index (Phi) is 6.20. The molecule has 2 aliphatic heterocycles. The second-order valence-corrected chi connectivity index (χ2v) is 8.04. The van der Waals surface area contributed by atoms with Gasteiger partial charge in [-0.2, -0.15) is 0 Å². The second kappa shape index (κ2) is 8.98. The van der Waals surface area contributed by atoms with Crippen LogP contribution in [-0.2, 0) is 20.9 Å². The number of carbonyl (C=O) groups excluding carboxylic acids is 1. The summed E-state index contributed by atoms with van der Waals surface area (Å²) >= 11 is 0. The number of amides is 1. The lowest BCUT2D eigenvalue weighted by atomic mass is 9.91. The van der Waals surface area contributed by atoms with Crippen molar-refractivity contribution < 1.29 is 14.3 Å². The van der Waals surface area contributed by atoms with Gasteiger partial charge in [-0.3, -0.25) is 9.78 Å². The molecule has 5 nitrogen and oxygen atoms in total. The molecule has 1 aromatic heterocycles. The summed E-state index contributed by atoms with van der Waals surface area (Å²) in [5.74, 6) is 1.24. The van der Waals surface area contributed by atoms with E-state index in [0.717, 1.165) is 44.7 Å². The van der Waals surface area contributed by atoms with Crippen molar-refractivity contribution in [2.75, 3.05) is 26.3 Å². The normalized spacial score (nSPS) is 27.5. The van der Waals surface area contributed by atoms with E-state index in [2.05, 4.69) is 11.1 Å². The van der Waals surface area contributed by atoms with Gasteiger partial charge < -0.3 is 14.4 Å². The Morgan fingerprint density at radius 3 is 3.07 bits per heavy atom. The van der Waals surface area contributed by atoms with Gasteiger partial charge in [0, 0.05) is 38.2 Å². The lowest BCUT2D eigenvalue weighted by Crippen LogP contribution is -2.31. The quantitative estimate of drug-likeness (QED) is 0.546. The Morgan fingerprint density at radius 1 is 1.30 bits per heavy atom. The van der Waals surface area contributed by atoms with Gasteiger partial charge in [-0.1, -0.05) is 17.7 Å². The van der Waals surface area contributed by atoms with Gasteiger partial charge in [0.05, 0.1) is 25.0 Å². The van der Waals surface area contributed by atoms with Gasteiger partial charge in [-0.05, 0) is 50.2 Å². The number of allylic oxidation sites excluding steroid dienone is 1. The number of hydrogen-bond acceptors (Lipinski definition) is 4.